The first-order valence-corrected chi connectivity index (χ1v) is 7.18. The normalized spacial score (nSPS) is 11.5. The van der Waals surface area contributed by atoms with Crippen molar-refractivity contribution in [2.24, 2.45) is 0 Å². The van der Waals surface area contributed by atoms with E-state index in [0.29, 0.717) is 10.8 Å². The number of benzene rings is 3. The van der Waals surface area contributed by atoms with Crippen LogP contribution in [-0.4, -0.2) is 52.7 Å². The van der Waals surface area contributed by atoms with Crippen molar-refractivity contribution in [2.75, 3.05) is 0 Å². The van der Waals surface area contributed by atoms with Crippen LogP contribution in [0.1, 0.15) is 0 Å². The van der Waals surface area contributed by atoms with Crippen molar-refractivity contribution in [3.63, 3.8) is 0 Å². The van der Waals surface area contributed by atoms with Crippen molar-refractivity contribution in [3.8, 4) is 11.5 Å². The molecule has 0 aromatic heterocycles. The van der Waals surface area contributed by atoms with Gasteiger partial charge in [0.2, 0.25) is 0 Å². The van der Waals surface area contributed by atoms with E-state index in [1.165, 1.54) is 18.2 Å². The molecule has 3 aromatic carbocycles. The van der Waals surface area contributed by atoms with Gasteiger partial charge in [-0.25, -0.2) is 0 Å². The van der Waals surface area contributed by atoms with Gasteiger partial charge in [-0.15, -0.1) is 0 Å². The maximum atomic E-state index is 11.4. The first kappa shape index (κ1) is 16.1. The molecule has 0 bridgehead atoms. The van der Waals surface area contributed by atoms with E-state index in [-0.39, 0.29) is 51.8 Å². The number of phenols is 2. The van der Waals surface area contributed by atoms with Crippen LogP contribution in [0.25, 0.3) is 21.5 Å². The maximum absolute atomic E-state index is 11.4. The summed E-state index contributed by atoms with van der Waals surface area (Å²) in [6.45, 7) is 0. The Morgan fingerprint density at radius 2 is 1.29 bits per heavy atom. The summed E-state index contributed by atoms with van der Waals surface area (Å²) in [4.78, 5) is -0.437. The van der Waals surface area contributed by atoms with Crippen molar-refractivity contribution in [3.05, 3.63) is 42.5 Å². The Hall–Kier alpha value is -1.31. The van der Waals surface area contributed by atoms with Crippen LogP contribution in [0.5, 0.6) is 11.5 Å². The molecule has 3 rings (SSSR count). The van der Waals surface area contributed by atoms with Gasteiger partial charge in [0.15, 0.2) is 0 Å². The summed E-state index contributed by atoms with van der Waals surface area (Å²) in [6, 6.07) is 10.6. The minimum atomic E-state index is -4.51. The number of phenolic OH excluding ortho intramolecular Hbond substituents is 2. The Bertz CT molecular complexity index is 950. The predicted octanol–water partition coefficient (Wildman–Crippen LogP) is 2.00. The Morgan fingerprint density at radius 3 is 1.86 bits per heavy atom. The van der Waals surface area contributed by atoms with E-state index in [4.69, 9.17) is 0 Å². The van der Waals surface area contributed by atoms with Crippen molar-refractivity contribution < 1.29 is 23.2 Å². The Labute approximate surface area is 142 Å². The first-order chi connectivity index (χ1) is 9.41. The molecule has 5 nitrogen and oxygen atoms in total. The molecule has 0 aliphatic carbocycles. The van der Waals surface area contributed by atoms with Crippen molar-refractivity contribution in [1.82, 2.24) is 0 Å². The second-order valence-corrected chi connectivity index (χ2v) is 5.79. The van der Waals surface area contributed by atoms with Gasteiger partial charge < -0.3 is 10.2 Å². The Balaban J connectivity index is 0.00000161. The van der Waals surface area contributed by atoms with E-state index in [1.807, 2.05) is 0 Å². The quantitative estimate of drug-likeness (QED) is 0.276. The fraction of sp³-hybridized carbons (Fsp3) is 0. The molecule has 0 spiro atoms. The number of fused-ring (bicyclic) bond motifs is 2. The van der Waals surface area contributed by atoms with Crippen LogP contribution >= 0.6 is 0 Å². The molecule has 0 unspecified atom stereocenters. The number of hydrogen-bond donors (Lipinski definition) is 3. The molecule has 0 saturated carbocycles. The summed E-state index contributed by atoms with van der Waals surface area (Å²) in [5.74, 6) is -0.430. The Kier molecular flexibility index (Phi) is 4.19. The Morgan fingerprint density at radius 1 is 0.762 bits per heavy atom. The summed E-state index contributed by atoms with van der Waals surface area (Å²) < 4.78 is 32.1. The molecule has 3 N–H and O–H groups in total. The van der Waals surface area contributed by atoms with E-state index >= 15 is 0 Å². The topological polar surface area (TPSA) is 94.8 Å². The predicted molar refractivity (Wildman–Crippen MR) is 81.7 cm³/mol. The van der Waals surface area contributed by atoms with E-state index in [1.54, 1.807) is 24.3 Å². The van der Waals surface area contributed by atoms with Crippen molar-refractivity contribution in [1.29, 1.82) is 0 Å². The van der Waals surface area contributed by atoms with E-state index < -0.39 is 15.0 Å². The third kappa shape index (κ3) is 2.49. The SMILES string of the molecule is O=S(=O)(O)c1cccc2c(O)c3ccccc3c(O)c12.[NaH]. The number of aromatic hydroxyl groups is 2. The molecule has 0 amide bonds. The van der Waals surface area contributed by atoms with Crippen molar-refractivity contribution >= 4 is 61.2 Å². The van der Waals surface area contributed by atoms with Crippen LogP contribution in [0, 0.1) is 0 Å². The van der Waals surface area contributed by atoms with Crippen LogP contribution in [0.4, 0.5) is 0 Å². The van der Waals surface area contributed by atoms with E-state index in [2.05, 4.69) is 0 Å². The summed E-state index contributed by atoms with van der Waals surface area (Å²) in [6.07, 6.45) is 0. The third-order valence-electron chi connectivity index (χ3n) is 3.23. The molecule has 0 aliphatic rings. The molecule has 7 heteroatoms. The van der Waals surface area contributed by atoms with Crippen LogP contribution in [-0.2, 0) is 10.1 Å². The standard InChI is InChI=1S/C14H10O5S.Na.H/c15-13-8-4-1-2-5-9(8)14(16)12-10(13)6-3-7-11(12)20(17,18)19;;/h1-7,15-16H,(H,17,18,19);;. The molecule has 0 fully saturated rings. The zero-order valence-electron chi connectivity index (χ0n) is 10.1. The fourth-order valence-corrected chi connectivity index (χ4v) is 3.08. The first-order valence-electron chi connectivity index (χ1n) is 5.74. The molecule has 0 heterocycles. The van der Waals surface area contributed by atoms with Gasteiger partial charge in [-0.1, -0.05) is 36.4 Å². The van der Waals surface area contributed by atoms with Crippen molar-refractivity contribution in [2.45, 2.75) is 4.90 Å². The average Bonchev–Trinajstić information content (AvgIpc) is 2.43. The molecule has 3 aromatic rings. The number of hydrogen-bond acceptors (Lipinski definition) is 4. The van der Waals surface area contributed by atoms with Gasteiger partial charge in [0.05, 0.1) is 0 Å². The molecule has 0 radical (unpaired) electrons. The van der Waals surface area contributed by atoms with Gasteiger partial charge in [0.25, 0.3) is 10.1 Å². The number of rotatable bonds is 1. The van der Waals surface area contributed by atoms with Gasteiger partial charge in [-0.3, -0.25) is 4.55 Å². The van der Waals surface area contributed by atoms with Gasteiger partial charge in [-0.05, 0) is 6.07 Å². The molecule has 21 heavy (non-hydrogen) atoms. The fourth-order valence-electron chi connectivity index (χ4n) is 2.36. The summed E-state index contributed by atoms with van der Waals surface area (Å²) >= 11 is 0. The monoisotopic (exact) mass is 314 g/mol. The summed E-state index contributed by atoms with van der Waals surface area (Å²) in [5, 5.41) is 21.3. The van der Waals surface area contributed by atoms with E-state index in [9.17, 15) is 23.2 Å². The zero-order chi connectivity index (χ0) is 14.5. The van der Waals surface area contributed by atoms with Crippen LogP contribution in [0.2, 0.25) is 0 Å². The molecule has 104 valence electrons. The molecule has 0 saturated heterocycles. The van der Waals surface area contributed by atoms with Gasteiger partial charge in [0, 0.05) is 21.5 Å². The summed E-state index contributed by atoms with van der Waals surface area (Å²) in [7, 11) is -4.51. The average molecular weight is 314 g/mol. The van der Waals surface area contributed by atoms with Crippen LogP contribution in [0.15, 0.2) is 47.4 Å². The minimum absolute atomic E-state index is 0. The van der Waals surface area contributed by atoms with E-state index in [0.717, 1.165) is 0 Å². The van der Waals surface area contributed by atoms with Gasteiger partial charge >= 0.3 is 29.6 Å². The molecular weight excluding hydrogens is 303 g/mol. The second kappa shape index (κ2) is 5.47. The molecule has 0 atom stereocenters. The molecule has 0 aliphatic heterocycles. The van der Waals surface area contributed by atoms with Crippen LogP contribution in [0.3, 0.4) is 0 Å². The zero-order valence-corrected chi connectivity index (χ0v) is 10.9. The second-order valence-electron chi connectivity index (χ2n) is 4.40. The molecular formula is C14H11NaO5S. The summed E-state index contributed by atoms with van der Waals surface area (Å²) in [5.41, 5.74) is 0. The third-order valence-corrected chi connectivity index (χ3v) is 4.13. The van der Waals surface area contributed by atoms with Crippen LogP contribution < -0.4 is 0 Å². The van der Waals surface area contributed by atoms with Gasteiger partial charge in [-0.2, -0.15) is 8.42 Å². The van der Waals surface area contributed by atoms with Gasteiger partial charge in [0.1, 0.15) is 16.4 Å².